The lowest BCUT2D eigenvalue weighted by Crippen LogP contribution is -2.58. The van der Waals surface area contributed by atoms with E-state index < -0.39 is 48.5 Å². The van der Waals surface area contributed by atoms with Gasteiger partial charge in [-0.25, -0.2) is 18.7 Å². The van der Waals surface area contributed by atoms with Gasteiger partial charge in [0.25, 0.3) is 11.8 Å². The van der Waals surface area contributed by atoms with Crippen molar-refractivity contribution in [2.45, 2.75) is 31.5 Å². The van der Waals surface area contributed by atoms with E-state index in [1.54, 1.807) is 31.2 Å². The smallest absolute Gasteiger partial charge is 0.419 e. The molecule has 1 aliphatic rings. The molecule has 0 radical (unpaired) electrons. The third-order valence-corrected chi connectivity index (χ3v) is 5.97. The summed E-state index contributed by atoms with van der Waals surface area (Å²) in [7, 11) is 2.98. The lowest BCUT2D eigenvalue weighted by atomic mass is 9.88. The Bertz CT molecular complexity index is 1150. The number of anilines is 1. The van der Waals surface area contributed by atoms with Gasteiger partial charge in [-0.05, 0) is 23.6 Å². The zero-order valence-electron chi connectivity index (χ0n) is 20.4. The van der Waals surface area contributed by atoms with Crippen LogP contribution in [0.3, 0.4) is 0 Å². The number of nitrogens with two attached hydrogens (primary N) is 1. The van der Waals surface area contributed by atoms with Gasteiger partial charge in [0.1, 0.15) is 11.4 Å². The van der Waals surface area contributed by atoms with Crippen LogP contribution >= 0.6 is 0 Å². The van der Waals surface area contributed by atoms with Gasteiger partial charge in [0.15, 0.2) is 0 Å². The van der Waals surface area contributed by atoms with Crippen molar-refractivity contribution in [3.8, 4) is 5.75 Å². The standard InChI is InChI=1S/C24H27F5N6O2/c1-14-8-23(25,26)13-35(19(14)12-34-22-32-9-16(10-33-22)24(27,28)29)21(36)20(30)18(11-31-2)15-4-6-17(37-3)7-5-15/h4-7,9-11,14,19H,8,12-13,30H2,1-3H3,(H,32,33,34)/t14-,19?/m1/s1. The van der Waals surface area contributed by atoms with Gasteiger partial charge in [-0.1, -0.05) is 19.1 Å². The molecule has 8 nitrogen and oxygen atoms in total. The average Bonchev–Trinajstić information content (AvgIpc) is 2.85. The molecule has 3 rings (SSSR count). The summed E-state index contributed by atoms with van der Waals surface area (Å²) in [6, 6.07) is 5.86. The van der Waals surface area contributed by atoms with Crippen LogP contribution in [-0.4, -0.2) is 66.2 Å². The molecule has 2 heterocycles. The highest BCUT2D eigenvalue weighted by Gasteiger charge is 2.46. The molecule has 1 aromatic heterocycles. The zero-order chi connectivity index (χ0) is 27.4. The number of rotatable bonds is 7. The van der Waals surface area contributed by atoms with Crippen molar-refractivity contribution in [3.05, 3.63) is 53.5 Å². The molecule has 1 amide bonds. The van der Waals surface area contributed by atoms with Crippen molar-refractivity contribution in [2.75, 3.05) is 32.6 Å². The zero-order valence-corrected chi connectivity index (χ0v) is 20.4. The van der Waals surface area contributed by atoms with Crippen molar-refractivity contribution in [2.24, 2.45) is 16.6 Å². The molecule has 1 saturated heterocycles. The fourth-order valence-corrected chi connectivity index (χ4v) is 4.11. The SMILES string of the molecule is CN=CC(=C(N)C(=O)N1CC(F)(F)C[C@@H](C)C1CNc1ncc(C(F)(F)F)cn1)c1ccc(OC)cc1. The molecule has 2 atom stereocenters. The second-order valence-corrected chi connectivity index (χ2v) is 8.65. The van der Waals surface area contributed by atoms with Crippen LogP contribution in [-0.2, 0) is 11.0 Å². The molecule has 37 heavy (non-hydrogen) atoms. The minimum atomic E-state index is -4.60. The van der Waals surface area contributed by atoms with E-state index in [-0.39, 0.29) is 23.8 Å². The van der Waals surface area contributed by atoms with Gasteiger partial charge >= 0.3 is 6.18 Å². The molecular formula is C24H27F5N6O2. The number of amides is 1. The minimum Gasteiger partial charge on any atom is -0.497 e. The number of carbonyl (C=O) groups excluding carboxylic acids is 1. The summed E-state index contributed by atoms with van der Waals surface area (Å²) in [6.07, 6.45) is -2.49. The largest absolute Gasteiger partial charge is 0.497 e. The molecule has 3 N–H and O–H groups in total. The molecule has 0 bridgehead atoms. The van der Waals surface area contributed by atoms with Crippen molar-refractivity contribution < 1.29 is 31.5 Å². The number of hydrogen-bond acceptors (Lipinski definition) is 7. The number of aliphatic imine (C=N–C) groups is 1. The number of alkyl halides is 5. The Labute approximate surface area is 210 Å². The monoisotopic (exact) mass is 526 g/mol. The summed E-state index contributed by atoms with van der Waals surface area (Å²) in [5.41, 5.74) is 5.68. The second-order valence-electron chi connectivity index (χ2n) is 8.65. The van der Waals surface area contributed by atoms with E-state index in [1.807, 2.05) is 0 Å². The highest BCUT2D eigenvalue weighted by atomic mass is 19.4. The van der Waals surface area contributed by atoms with E-state index >= 15 is 0 Å². The number of carbonyl (C=O) groups is 1. The number of methoxy groups -OCH3 is 1. The van der Waals surface area contributed by atoms with E-state index in [0.717, 1.165) is 4.90 Å². The Morgan fingerprint density at radius 3 is 2.43 bits per heavy atom. The first kappa shape index (κ1) is 27.8. The summed E-state index contributed by atoms with van der Waals surface area (Å²) in [5.74, 6) is -4.22. The lowest BCUT2D eigenvalue weighted by Gasteiger charge is -2.43. The molecule has 13 heteroatoms. The van der Waals surface area contributed by atoms with Crippen LogP contribution in [0, 0.1) is 5.92 Å². The number of benzene rings is 1. The number of hydrogen-bond donors (Lipinski definition) is 2. The number of piperidine rings is 1. The second kappa shape index (κ2) is 11.1. The third-order valence-electron chi connectivity index (χ3n) is 5.97. The van der Waals surface area contributed by atoms with Crippen molar-refractivity contribution >= 4 is 23.6 Å². The minimum absolute atomic E-state index is 0.0820. The predicted octanol–water partition coefficient (Wildman–Crippen LogP) is 3.86. The average molecular weight is 527 g/mol. The maximum Gasteiger partial charge on any atom is 0.419 e. The fraction of sp³-hybridized carbons (Fsp3) is 0.417. The van der Waals surface area contributed by atoms with Gasteiger partial charge in [-0.15, -0.1) is 0 Å². The van der Waals surface area contributed by atoms with Crippen molar-refractivity contribution in [1.82, 2.24) is 14.9 Å². The van der Waals surface area contributed by atoms with E-state index in [2.05, 4.69) is 20.3 Å². The first-order valence-corrected chi connectivity index (χ1v) is 11.2. The predicted molar refractivity (Wildman–Crippen MR) is 128 cm³/mol. The van der Waals surface area contributed by atoms with Gasteiger partial charge < -0.3 is 20.7 Å². The van der Waals surface area contributed by atoms with Crippen LogP contribution in [0.25, 0.3) is 5.57 Å². The quantitative estimate of drug-likeness (QED) is 0.323. The van der Waals surface area contributed by atoms with Crippen molar-refractivity contribution in [1.29, 1.82) is 0 Å². The first-order valence-electron chi connectivity index (χ1n) is 11.2. The molecule has 1 aromatic carbocycles. The molecule has 0 spiro atoms. The molecule has 2 aromatic rings. The molecule has 200 valence electrons. The van der Waals surface area contributed by atoms with E-state index in [0.29, 0.717) is 23.7 Å². The number of ether oxygens (including phenoxy) is 1. The van der Waals surface area contributed by atoms with Gasteiger partial charge in [0.05, 0.1) is 25.3 Å². The van der Waals surface area contributed by atoms with Crippen LogP contribution in [0.15, 0.2) is 47.3 Å². The molecule has 0 aliphatic carbocycles. The summed E-state index contributed by atoms with van der Waals surface area (Å²) in [4.78, 5) is 25.7. The van der Waals surface area contributed by atoms with Gasteiger partial charge in [-0.2, -0.15) is 13.2 Å². The highest BCUT2D eigenvalue weighted by molar-refractivity contribution is 6.18. The maximum atomic E-state index is 14.5. The summed E-state index contributed by atoms with van der Waals surface area (Å²) in [6.45, 7) is 0.600. The fourth-order valence-electron chi connectivity index (χ4n) is 4.11. The normalized spacial score (nSPS) is 20.5. The summed E-state index contributed by atoms with van der Waals surface area (Å²) >= 11 is 0. The van der Waals surface area contributed by atoms with E-state index in [1.165, 1.54) is 20.4 Å². The van der Waals surface area contributed by atoms with Crippen LogP contribution < -0.4 is 15.8 Å². The number of nitrogens with one attached hydrogen (secondary N) is 1. The van der Waals surface area contributed by atoms with Crippen LogP contribution in [0.1, 0.15) is 24.5 Å². The van der Waals surface area contributed by atoms with Gasteiger partial charge in [-0.3, -0.25) is 9.79 Å². The van der Waals surface area contributed by atoms with E-state index in [9.17, 15) is 26.7 Å². The summed E-state index contributed by atoms with van der Waals surface area (Å²) < 4.78 is 72.5. The number of likely N-dealkylation sites (tertiary alicyclic amines) is 1. The Hall–Kier alpha value is -3.77. The molecule has 0 saturated carbocycles. The topological polar surface area (TPSA) is 106 Å². The Balaban J connectivity index is 1.89. The van der Waals surface area contributed by atoms with Crippen molar-refractivity contribution in [3.63, 3.8) is 0 Å². The van der Waals surface area contributed by atoms with Crippen LogP contribution in [0.5, 0.6) is 5.75 Å². The number of nitrogens with zero attached hydrogens (tertiary/aromatic N) is 4. The van der Waals surface area contributed by atoms with Gasteiger partial charge in [0.2, 0.25) is 5.95 Å². The number of halogens is 5. The molecular weight excluding hydrogens is 499 g/mol. The van der Waals surface area contributed by atoms with E-state index in [4.69, 9.17) is 10.5 Å². The maximum absolute atomic E-state index is 14.5. The number of aromatic nitrogens is 2. The Morgan fingerprint density at radius 1 is 1.27 bits per heavy atom. The molecule has 1 unspecified atom stereocenters. The Morgan fingerprint density at radius 2 is 1.89 bits per heavy atom. The third kappa shape index (κ3) is 6.71. The number of allylic oxidation sites excluding steroid dienone is 1. The first-order chi connectivity index (χ1) is 17.4. The van der Waals surface area contributed by atoms with Gasteiger partial charge in [0, 0.05) is 44.2 Å². The summed E-state index contributed by atoms with van der Waals surface area (Å²) in [5, 5.41) is 2.75. The molecule has 1 fully saturated rings. The highest BCUT2D eigenvalue weighted by Crippen LogP contribution is 2.35. The Kier molecular flexibility index (Phi) is 8.34. The van der Waals surface area contributed by atoms with Crippen LogP contribution in [0.2, 0.25) is 0 Å². The van der Waals surface area contributed by atoms with Crippen LogP contribution in [0.4, 0.5) is 27.9 Å². The lowest BCUT2D eigenvalue weighted by molar-refractivity contribution is -0.148. The molecule has 1 aliphatic heterocycles.